The summed E-state index contributed by atoms with van der Waals surface area (Å²) in [5.74, 6) is -0.139. The molecule has 6 aliphatic rings. The summed E-state index contributed by atoms with van der Waals surface area (Å²) in [6.45, 7) is 14.0. The van der Waals surface area contributed by atoms with Crippen molar-refractivity contribution in [2.75, 3.05) is 72.1 Å². The first-order valence-electron chi connectivity index (χ1n) is 21.5. The minimum Gasteiger partial charge on any atom is -0.496 e. The van der Waals surface area contributed by atoms with Crippen molar-refractivity contribution >= 4 is 28.5 Å². The number of aromatic amines is 1. The summed E-state index contributed by atoms with van der Waals surface area (Å²) in [5, 5.41) is 14.7. The standard InChI is InChI=1S/C48H60N4O7/c1-8-22-58-29-48(55)42-46(18-21-52-19-13-17-45(10-3,41(46)52)43(48)59-30(4)53)35-24-36(39(56-6)25-38(35)50(42)5)47(44(54)57-7)26-32-23-31(9-2)27-51(28-32)20-16-34-33-14-11-12-15-37(33)49-40(34)47/h8,11-15,17,23-25,32,41-43,49,55H,1,9-10,16,18-22,26-29H2,2-7H3/t32-,41-,42+,43+,45+,46+,47-,48?/m0/s1. The van der Waals surface area contributed by atoms with Gasteiger partial charge in [0.2, 0.25) is 0 Å². The number of nitrogens with zero attached hydrogens (tertiary/aromatic N) is 3. The molecule has 1 saturated heterocycles. The average molecular weight is 805 g/mol. The first-order valence-corrected chi connectivity index (χ1v) is 21.5. The van der Waals surface area contributed by atoms with E-state index in [1.807, 2.05) is 13.1 Å². The third kappa shape index (κ3) is 5.53. The van der Waals surface area contributed by atoms with E-state index in [0.29, 0.717) is 18.6 Å². The van der Waals surface area contributed by atoms with E-state index in [1.165, 1.54) is 19.6 Å². The number of aromatic nitrogens is 1. The molecule has 1 spiro atoms. The van der Waals surface area contributed by atoms with Crippen LogP contribution in [0.25, 0.3) is 10.9 Å². The van der Waals surface area contributed by atoms with Gasteiger partial charge in [-0.05, 0) is 67.8 Å². The zero-order valence-corrected chi connectivity index (χ0v) is 35.5. The largest absolute Gasteiger partial charge is 0.496 e. The van der Waals surface area contributed by atoms with Crippen molar-refractivity contribution in [2.45, 2.75) is 87.5 Å². The molecule has 3 aromatic rings. The molecule has 2 aromatic carbocycles. The summed E-state index contributed by atoms with van der Waals surface area (Å²) in [7, 11) is 5.21. The van der Waals surface area contributed by atoms with E-state index >= 15 is 4.79 Å². The number of benzene rings is 2. The van der Waals surface area contributed by atoms with Crippen molar-refractivity contribution in [2.24, 2.45) is 11.3 Å². The van der Waals surface area contributed by atoms with E-state index in [4.69, 9.17) is 18.9 Å². The number of anilines is 1. The Morgan fingerprint density at radius 1 is 1.10 bits per heavy atom. The minimum absolute atomic E-state index is 0.0613. The highest BCUT2D eigenvalue weighted by molar-refractivity contribution is 5.94. The van der Waals surface area contributed by atoms with Crippen molar-refractivity contribution < 1.29 is 33.6 Å². The van der Waals surface area contributed by atoms with E-state index in [1.54, 1.807) is 13.2 Å². The zero-order valence-electron chi connectivity index (χ0n) is 35.5. The SMILES string of the molecule is C=CCOCC1(O)[C@H](OC(C)=O)[C@]2(CC)C=CCN3CC[C@@]4(c5cc([C@@]6(C(=O)OC)C[C@@H]7C=C(CC)CN(CCc8c6[nH]c6ccccc86)C7)c(OC)cc5N(C)[C@@H]14)[C@@H]32. The first kappa shape index (κ1) is 40.0. The predicted molar refractivity (Wildman–Crippen MR) is 228 cm³/mol. The summed E-state index contributed by atoms with van der Waals surface area (Å²) in [4.78, 5) is 39.5. The van der Waals surface area contributed by atoms with Crippen LogP contribution in [-0.4, -0.2) is 123 Å². The van der Waals surface area contributed by atoms with Crippen LogP contribution in [0.15, 0.2) is 72.9 Å². The van der Waals surface area contributed by atoms with E-state index < -0.39 is 40.0 Å². The van der Waals surface area contributed by atoms with Crippen LogP contribution in [0.1, 0.15) is 68.8 Å². The van der Waals surface area contributed by atoms with Gasteiger partial charge in [0.05, 0.1) is 33.5 Å². The quantitative estimate of drug-likeness (QED) is 0.148. The summed E-state index contributed by atoms with van der Waals surface area (Å²) in [6, 6.07) is 12.0. The Balaban J connectivity index is 1.35. The van der Waals surface area contributed by atoms with Gasteiger partial charge in [0.25, 0.3) is 0 Å². The Morgan fingerprint density at radius 2 is 1.92 bits per heavy atom. The number of esters is 2. The van der Waals surface area contributed by atoms with Crippen LogP contribution in [0.2, 0.25) is 0 Å². The van der Waals surface area contributed by atoms with Crippen LogP contribution in [0.5, 0.6) is 5.75 Å². The molecule has 0 amide bonds. The fraction of sp³-hybridized carbons (Fsp3) is 0.542. The van der Waals surface area contributed by atoms with Crippen molar-refractivity contribution in [3.63, 3.8) is 0 Å². The highest BCUT2D eigenvalue weighted by atomic mass is 16.6. The Hall–Kier alpha value is -4.42. The number of carbonyl (C=O) groups is 2. The molecule has 5 aliphatic heterocycles. The van der Waals surface area contributed by atoms with Gasteiger partial charge < -0.3 is 33.9 Å². The molecule has 1 saturated carbocycles. The van der Waals surface area contributed by atoms with Gasteiger partial charge >= 0.3 is 11.9 Å². The molecule has 11 nitrogen and oxygen atoms in total. The maximum absolute atomic E-state index is 15.3. The van der Waals surface area contributed by atoms with Gasteiger partial charge in [-0.25, -0.2) is 0 Å². The third-order valence-electron chi connectivity index (χ3n) is 15.2. The third-order valence-corrected chi connectivity index (χ3v) is 15.2. The molecule has 6 heterocycles. The fourth-order valence-electron chi connectivity index (χ4n) is 13.3. The van der Waals surface area contributed by atoms with Gasteiger partial charge in [0.1, 0.15) is 22.9 Å². The molecule has 314 valence electrons. The number of likely N-dealkylation sites (N-methyl/N-ethyl adjacent to an activating group) is 1. The molecule has 59 heavy (non-hydrogen) atoms. The number of fused-ring (bicyclic) bond motifs is 6. The topological polar surface area (TPSA) is 117 Å². The fourth-order valence-corrected chi connectivity index (χ4v) is 13.3. The van der Waals surface area contributed by atoms with Crippen LogP contribution < -0.4 is 9.64 Å². The van der Waals surface area contributed by atoms with Gasteiger partial charge in [-0.15, -0.1) is 6.58 Å². The number of nitrogens with one attached hydrogen (secondary N) is 1. The van der Waals surface area contributed by atoms with Gasteiger partial charge in [-0.3, -0.25) is 19.4 Å². The predicted octanol–water partition coefficient (Wildman–Crippen LogP) is 5.83. The molecule has 2 fully saturated rings. The average Bonchev–Trinajstić information content (AvgIpc) is 3.90. The Labute approximate surface area is 348 Å². The molecule has 2 bridgehead atoms. The number of methoxy groups -OCH3 is 2. The van der Waals surface area contributed by atoms with Gasteiger partial charge in [0.15, 0.2) is 0 Å². The lowest BCUT2D eigenvalue weighted by Gasteiger charge is -2.64. The summed E-state index contributed by atoms with van der Waals surface area (Å²) in [6.07, 6.45) is 11.1. The number of para-hydroxylation sites is 1. The normalized spacial score (nSPS) is 34.4. The molecule has 11 heteroatoms. The molecule has 9 atom stereocenters. The lowest BCUT2D eigenvalue weighted by Crippen LogP contribution is -2.80. The first-order chi connectivity index (χ1) is 28.5. The molecule has 2 N–H and O–H groups in total. The lowest BCUT2D eigenvalue weighted by molar-refractivity contribution is -0.232. The van der Waals surface area contributed by atoms with Crippen LogP contribution >= 0.6 is 0 Å². The zero-order chi connectivity index (χ0) is 41.5. The van der Waals surface area contributed by atoms with Crippen molar-refractivity contribution in [1.29, 1.82) is 0 Å². The summed E-state index contributed by atoms with van der Waals surface area (Å²) in [5.41, 5.74) is 2.74. The molecule has 1 aromatic heterocycles. The van der Waals surface area contributed by atoms with Crippen LogP contribution in [0, 0.1) is 11.3 Å². The highest BCUT2D eigenvalue weighted by Crippen LogP contribution is 2.68. The van der Waals surface area contributed by atoms with Gasteiger partial charge in [0, 0.05) is 90.9 Å². The second-order valence-electron chi connectivity index (χ2n) is 18.0. The van der Waals surface area contributed by atoms with Crippen molar-refractivity contribution in [3.05, 3.63) is 95.2 Å². The minimum atomic E-state index is -1.64. The van der Waals surface area contributed by atoms with E-state index in [2.05, 4.69) is 88.7 Å². The number of ether oxygens (including phenoxy) is 4. The summed E-state index contributed by atoms with van der Waals surface area (Å²) >= 11 is 0. The van der Waals surface area contributed by atoms with Crippen molar-refractivity contribution in [1.82, 2.24) is 14.8 Å². The molecular formula is C48H60N4O7. The number of aliphatic hydroxyl groups is 1. The maximum Gasteiger partial charge on any atom is 0.322 e. The number of carbonyl (C=O) groups excluding carboxylic acids is 2. The molecule has 2 unspecified atom stereocenters. The van der Waals surface area contributed by atoms with Crippen LogP contribution in [0.3, 0.4) is 0 Å². The Kier molecular flexibility index (Phi) is 9.93. The molecule has 1 aliphatic carbocycles. The second kappa shape index (κ2) is 14.6. The van der Waals surface area contributed by atoms with E-state index in [0.717, 1.165) is 91.0 Å². The van der Waals surface area contributed by atoms with E-state index in [-0.39, 0.29) is 31.1 Å². The number of rotatable bonds is 10. The number of H-pyrrole nitrogens is 1. The Morgan fingerprint density at radius 3 is 2.64 bits per heavy atom. The van der Waals surface area contributed by atoms with Crippen LogP contribution in [0.4, 0.5) is 5.69 Å². The number of hydrogen-bond donors (Lipinski definition) is 2. The second-order valence-corrected chi connectivity index (χ2v) is 18.0. The lowest BCUT2D eigenvalue weighted by atomic mass is 9.47. The number of hydrogen-bond acceptors (Lipinski definition) is 10. The van der Waals surface area contributed by atoms with Gasteiger partial charge in [-0.2, -0.15) is 0 Å². The Bertz CT molecular complexity index is 2250. The molecule has 9 rings (SSSR count). The smallest absolute Gasteiger partial charge is 0.322 e. The molecule has 0 radical (unpaired) electrons. The summed E-state index contributed by atoms with van der Waals surface area (Å²) < 4.78 is 25.0. The van der Waals surface area contributed by atoms with E-state index in [9.17, 15) is 9.90 Å². The maximum atomic E-state index is 15.3. The molecular weight excluding hydrogens is 745 g/mol. The van der Waals surface area contributed by atoms with Crippen molar-refractivity contribution in [3.8, 4) is 5.75 Å². The van der Waals surface area contributed by atoms with Crippen LogP contribution in [-0.2, 0) is 41.1 Å². The van der Waals surface area contributed by atoms with Gasteiger partial charge in [-0.1, -0.05) is 61.9 Å². The highest BCUT2D eigenvalue weighted by Gasteiger charge is 2.78. The monoisotopic (exact) mass is 804 g/mol.